The van der Waals surface area contributed by atoms with Crippen LogP contribution in [0, 0.1) is 0 Å². The molecular formula is C15H26N4. The minimum absolute atomic E-state index is 0.0947. The third kappa shape index (κ3) is 5.83. The Bertz CT molecular complexity index is 378. The quantitative estimate of drug-likeness (QED) is 0.767. The van der Waals surface area contributed by atoms with Gasteiger partial charge in [-0.25, -0.2) is 4.98 Å². The maximum Gasteiger partial charge on any atom is 0.147 e. The first kappa shape index (κ1) is 15.6. The second-order valence-electron chi connectivity index (χ2n) is 5.70. The van der Waals surface area contributed by atoms with E-state index < -0.39 is 0 Å². The van der Waals surface area contributed by atoms with Crippen molar-refractivity contribution in [1.29, 1.82) is 0 Å². The Morgan fingerprint density at radius 3 is 2.53 bits per heavy atom. The first-order valence-electron chi connectivity index (χ1n) is 6.88. The van der Waals surface area contributed by atoms with E-state index in [4.69, 9.17) is 0 Å². The summed E-state index contributed by atoms with van der Waals surface area (Å²) in [5, 5.41) is 3.40. The minimum Gasteiger partial charge on any atom is -0.352 e. The molecule has 0 aromatic carbocycles. The van der Waals surface area contributed by atoms with Gasteiger partial charge >= 0.3 is 0 Å². The van der Waals surface area contributed by atoms with Gasteiger partial charge in [-0.1, -0.05) is 13.0 Å². The highest BCUT2D eigenvalue weighted by Gasteiger charge is 2.10. The van der Waals surface area contributed by atoms with Crippen LogP contribution in [0.4, 0.5) is 5.82 Å². The second-order valence-corrected chi connectivity index (χ2v) is 5.70. The highest BCUT2D eigenvalue weighted by atomic mass is 15.2. The molecule has 0 amide bonds. The molecule has 0 spiro atoms. The number of aromatic nitrogens is 2. The molecule has 1 N–H and O–H groups in total. The number of nitrogens with zero attached hydrogens (tertiary/aromatic N) is 3. The van der Waals surface area contributed by atoms with Crippen LogP contribution < -0.4 is 10.2 Å². The largest absolute Gasteiger partial charge is 0.352 e. The molecule has 1 aromatic rings. The fourth-order valence-electron chi connectivity index (χ4n) is 1.68. The molecule has 1 rings (SSSR count). The van der Waals surface area contributed by atoms with Gasteiger partial charge in [0.15, 0.2) is 0 Å². The zero-order valence-electron chi connectivity index (χ0n) is 12.6. The summed E-state index contributed by atoms with van der Waals surface area (Å²) in [4.78, 5) is 11.1. The molecule has 0 radical (unpaired) electrons. The van der Waals surface area contributed by atoms with E-state index in [1.807, 2.05) is 18.5 Å². The Balaban J connectivity index is 2.66. The van der Waals surface area contributed by atoms with Crippen molar-refractivity contribution in [3.05, 3.63) is 30.7 Å². The van der Waals surface area contributed by atoms with E-state index in [1.165, 1.54) is 0 Å². The van der Waals surface area contributed by atoms with E-state index in [9.17, 15) is 0 Å². The Morgan fingerprint density at radius 1 is 1.32 bits per heavy atom. The van der Waals surface area contributed by atoms with Crippen LogP contribution in [-0.4, -0.2) is 28.6 Å². The van der Waals surface area contributed by atoms with Crippen LogP contribution in [0.5, 0.6) is 0 Å². The fourth-order valence-corrected chi connectivity index (χ4v) is 1.68. The van der Waals surface area contributed by atoms with E-state index in [0.717, 1.165) is 37.6 Å². The standard InChI is InChI=1S/C15H26N4/c1-6-8-19(9-7-2)14-12-16-13(10-17-14)11-18-15(3,4)5/h6,10,12,18H,1,7-9,11H2,2-5H3. The van der Waals surface area contributed by atoms with Gasteiger partial charge in [0.2, 0.25) is 0 Å². The predicted molar refractivity (Wildman–Crippen MR) is 81.3 cm³/mol. The van der Waals surface area contributed by atoms with Crippen molar-refractivity contribution in [3.8, 4) is 0 Å². The molecule has 0 saturated heterocycles. The van der Waals surface area contributed by atoms with Crippen LogP contribution >= 0.6 is 0 Å². The Hall–Kier alpha value is -1.42. The molecule has 4 nitrogen and oxygen atoms in total. The van der Waals surface area contributed by atoms with Crippen molar-refractivity contribution in [3.63, 3.8) is 0 Å². The van der Waals surface area contributed by atoms with Crippen molar-refractivity contribution < 1.29 is 0 Å². The van der Waals surface area contributed by atoms with Crippen molar-refractivity contribution >= 4 is 5.82 Å². The summed E-state index contributed by atoms with van der Waals surface area (Å²) in [5.74, 6) is 0.918. The lowest BCUT2D eigenvalue weighted by molar-refractivity contribution is 0.421. The highest BCUT2D eigenvalue weighted by molar-refractivity contribution is 5.36. The van der Waals surface area contributed by atoms with Gasteiger partial charge in [0.05, 0.1) is 18.1 Å². The third-order valence-electron chi connectivity index (χ3n) is 2.66. The van der Waals surface area contributed by atoms with Crippen molar-refractivity contribution in [2.45, 2.75) is 46.2 Å². The Morgan fingerprint density at radius 2 is 2.05 bits per heavy atom. The van der Waals surface area contributed by atoms with E-state index in [0.29, 0.717) is 0 Å². The van der Waals surface area contributed by atoms with Gasteiger partial charge < -0.3 is 10.2 Å². The molecule has 0 aliphatic heterocycles. The molecule has 0 saturated carbocycles. The molecule has 0 atom stereocenters. The summed E-state index contributed by atoms with van der Waals surface area (Å²) >= 11 is 0. The molecule has 19 heavy (non-hydrogen) atoms. The molecular weight excluding hydrogens is 236 g/mol. The van der Waals surface area contributed by atoms with Crippen molar-refractivity contribution in [1.82, 2.24) is 15.3 Å². The first-order chi connectivity index (χ1) is 8.96. The van der Waals surface area contributed by atoms with Gasteiger partial charge in [-0.15, -0.1) is 6.58 Å². The monoisotopic (exact) mass is 262 g/mol. The summed E-state index contributed by atoms with van der Waals surface area (Å²) in [6.45, 7) is 14.9. The summed E-state index contributed by atoms with van der Waals surface area (Å²) in [5.41, 5.74) is 1.06. The van der Waals surface area contributed by atoms with Crippen LogP contribution in [0.3, 0.4) is 0 Å². The summed E-state index contributed by atoms with van der Waals surface area (Å²) in [6, 6.07) is 0. The zero-order chi connectivity index (χ0) is 14.3. The summed E-state index contributed by atoms with van der Waals surface area (Å²) in [7, 11) is 0. The maximum absolute atomic E-state index is 4.49. The van der Waals surface area contributed by atoms with Crippen LogP contribution in [0.2, 0.25) is 0 Å². The molecule has 0 aliphatic carbocycles. The molecule has 0 bridgehead atoms. The van der Waals surface area contributed by atoms with Gasteiger partial charge in [0, 0.05) is 25.2 Å². The van der Waals surface area contributed by atoms with E-state index >= 15 is 0 Å². The van der Waals surface area contributed by atoms with Crippen molar-refractivity contribution in [2.75, 3.05) is 18.0 Å². The van der Waals surface area contributed by atoms with Gasteiger partial charge in [-0.05, 0) is 27.2 Å². The molecule has 0 aliphatic rings. The number of anilines is 1. The smallest absolute Gasteiger partial charge is 0.147 e. The lowest BCUT2D eigenvalue weighted by atomic mass is 10.1. The summed E-state index contributed by atoms with van der Waals surface area (Å²) < 4.78 is 0. The van der Waals surface area contributed by atoms with Gasteiger partial charge in [0.1, 0.15) is 5.82 Å². The van der Waals surface area contributed by atoms with Crippen LogP contribution in [0.15, 0.2) is 25.0 Å². The van der Waals surface area contributed by atoms with E-state index in [-0.39, 0.29) is 5.54 Å². The molecule has 1 aromatic heterocycles. The topological polar surface area (TPSA) is 41.1 Å². The lowest BCUT2D eigenvalue weighted by Gasteiger charge is -2.22. The normalized spacial score (nSPS) is 11.4. The maximum atomic E-state index is 4.49. The summed E-state index contributed by atoms with van der Waals surface area (Å²) in [6.07, 6.45) is 6.67. The number of hydrogen-bond acceptors (Lipinski definition) is 4. The average Bonchev–Trinajstić information content (AvgIpc) is 2.36. The van der Waals surface area contributed by atoms with Crippen LogP contribution in [0.1, 0.15) is 39.8 Å². The van der Waals surface area contributed by atoms with E-state index in [1.54, 1.807) is 0 Å². The zero-order valence-corrected chi connectivity index (χ0v) is 12.6. The Kier molecular flexibility index (Phi) is 5.96. The molecule has 4 heteroatoms. The number of nitrogens with one attached hydrogen (secondary N) is 1. The number of hydrogen-bond donors (Lipinski definition) is 1. The van der Waals surface area contributed by atoms with Gasteiger partial charge in [-0.2, -0.15) is 0 Å². The third-order valence-corrected chi connectivity index (χ3v) is 2.66. The first-order valence-corrected chi connectivity index (χ1v) is 6.88. The molecule has 0 unspecified atom stereocenters. The van der Waals surface area contributed by atoms with Crippen molar-refractivity contribution in [2.24, 2.45) is 0 Å². The van der Waals surface area contributed by atoms with Gasteiger partial charge in [-0.3, -0.25) is 4.98 Å². The second kappa shape index (κ2) is 7.24. The molecule has 106 valence electrons. The predicted octanol–water partition coefficient (Wildman–Crippen LogP) is 2.77. The average molecular weight is 262 g/mol. The SMILES string of the molecule is C=CCN(CCC)c1cnc(CNC(C)(C)C)cn1. The number of rotatable bonds is 7. The van der Waals surface area contributed by atoms with Crippen LogP contribution in [0.25, 0.3) is 0 Å². The lowest BCUT2D eigenvalue weighted by Crippen LogP contribution is -2.35. The van der Waals surface area contributed by atoms with E-state index in [2.05, 4.69) is 54.5 Å². The minimum atomic E-state index is 0.0947. The van der Waals surface area contributed by atoms with Crippen LogP contribution in [-0.2, 0) is 6.54 Å². The molecule has 0 fully saturated rings. The highest BCUT2D eigenvalue weighted by Crippen LogP contribution is 2.10. The fraction of sp³-hybridized carbons (Fsp3) is 0.600. The molecule has 1 heterocycles. The Labute approximate surface area is 117 Å². The van der Waals surface area contributed by atoms with Gasteiger partial charge in [0.25, 0.3) is 0 Å².